The van der Waals surface area contributed by atoms with Gasteiger partial charge in [-0.05, 0) is 61.6 Å². The summed E-state index contributed by atoms with van der Waals surface area (Å²) >= 11 is 0. The minimum absolute atomic E-state index is 0.0701. The average molecular weight is 532 g/mol. The summed E-state index contributed by atoms with van der Waals surface area (Å²) in [6.45, 7) is 1.62. The van der Waals surface area contributed by atoms with Crippen LogP contribution in [-0.2, 0) is 10.0 Å². The lowest BCUT2D eigenvalue weighted by atomic mass is 9.99. The van der Waals surface area contributed by atoms with Gasteiger partial charge in [0.05, 0.1) is 16.5 Å². The number of aryl methyl sites for hydroxylation is 1. The molecule has 2 N–H and O–H groups in total. The SMILES string of the molecule is Cc1ccc(-c2cnc3[nH]cc(C(=O)c4c(F)ccc(NS(=O)(=O)C5CC[C@@H](F)C5)c4F)c3c2)cc1F. The van der Waals surface area contributed by atoms with Crippen molar-refractivity contribution in [3.05, 3.63) is 82.9 Å². The first-order chi connectivity index (χ1) is 17.5. The molecule has 4 aromatic rings. The third-order valence-corrected chi connectivity index (χ3v) is 8.42. The number of carbonyl (C=O) groups excluding carboxylic acids is 1. The number of alkyl halides is 1. The van der Waals surface area contributed by atoms with Crippen LogP contribution in [0.4, 0.5) is 23.2 Å². The topological polar surface area (TPSA) is 91.9 Å². The number of H-pyrrole nitrogens is 1. The molecule has 0 bridgehead atoms. The average Bonchev–Trinajstić information content (AvgIpc) is 3.49. The zero-order valence-corrected chi connectivity index (χ0v) is 20.3. The molecule has 0 spiro atoms. The molecule has 2 aromatic heterocycles. The number of rotatable bonds is 6. The van der Waals surface area contributed by atoms with Crippen LogP contribution in [0.3, 0.4) is 0 Å². The lowest BCUT2D eigenvalue weighted by molar-refractivity contribution is 0.103. The molecule has 0 saturated heterocycles. The zero-order valence-electron chi connectivity index (χ0n) is 19.5. The van der Waals surface area contributed by atoms with E-state index in [1.807, 2.05) is 0 Å². The Balaban J connectivity index is 1.52. The van der Waals surface area contributed by atoms with Crippen molar-refractivity contribution in [1.82, 2.24) is 9.97 Å². The molecule has 1 fully saturated rings. The van der Waals surface area contributed by atoms with Crippen LogP contribution in [-0.4, -0.2) is 35.6 Å². The minimum atomic E-state index is -4.17. The number of pyridine rings is 1. The normalized spacial score (nSPS) is 17.9. The fraction of sp³-hybridized carbons (Fsp3) is 0.231. The van der Waals surface area contributed by atoms with Crippen molar-refractivity contribution in [2.45, 2.75) is 37.6 Å². The number of benzene rings is 2. The van der Waals surface area contributed by atoms with Crippen molar-refractivity contribution < 1.29 is 30.8 Å². The Hall–Kier alpha value is -3.73. The van der Waals surface area contributed by atoms with Crippen LogP contribution in [0.15, 0.2) is 48.8 Å². The number of ketones is 1. The summed E-state index contributed by atoms with van der Waals surface area (Å²) < 4.78 is 85.0. The van der Waals surface area contributed by atoms with Crippen molar-refractivity contribution >= 4 is 32.5 Å². The van der Waals surface area contributed by atoms with E-state index in [0.29, 0.717) is 16.7 Å². The van der Waals surface area contributed by atoms with Gasteiger partial charge in [0.25, 0.3) is 0 Å². The van der Waals surface area contributed by atoms with Crippen molar-refractivity contribution in [2.75, 3.05) is 4.72 Å². The first kappa shape index (κ1) is 24.9. The van der Waals surface area contributed by atoms with Crippen molar-refractivity contribution in [1.29, 1.82) is 0 Å². The molecule has 0 amide bonds. The highest BCUT2D eigenvalue weighted by atomic mass is 32.2. The van der Waals surface area contributed by atoms with Crippen LogP contribution in [0.25, 0.3) is 22.2 Å². The van der Waals surface area contributed by atoms with Gasteiger partial charge < -0.3 is 4.98 Å². The monoisotopic (exact) mass is 531 g/mol. The molecule has 0 aliphatic heterocycles. The largest absolute Gasteiger partial charge is 0.345 e. The van der Waals surface area contributed by atoms with Gasteiger partial charge in [0.2, 0.25) is 15.8 Å². The molecule has 11 heteroatoms. The van der Waals surface area contributed by atoms with Crippen LogP contribution in [0.5, 0.6) is 0 Å². The van der Waals surface area contributed by atoms with Gasteiger partial charge in [-0.15, -0.1) is 0 Å². The number of halogens is 4. The molecule has 2 atom stereocenters. The van der Waals surface area contributed by atoms with E-state index in [-0.39, 0.29) is 35.9 Å². The third-order valence-electron chi connectivity index (χ3n) is 6.61. The van der Waals surface area contributed by atoms with Crippen LogP contribution in [0.2, 0.25) is 0 Å². The summed E-state index contributed by atoms with van der Waals surface area (Å²) in [6.07, 6.45) is 1.37. The van der Waals surface area contributed by atoms with Gasteiger partial charge >= 0.3 is 0 Å². The van der Waals surface area contributed by atoms with Crippen LogP contribution >= 0.6 is 0 Å². The Morgan fingerprint density at radius 2 is 1.84 bits per heavy atom. The highest BCUT2D eigenvalue weighted by molar-refractivity contribution is 7.93. The van der Waals surface area contributed by atoms with E-state index < -0.39 is 55.9 Å². The van der Waals surface area contributed by atoms with Crippen LogP contribution in [0.1, 0.15) is 40.7 Å². The number of nitrogens with zero attached hydrogens (tertiary/aromatic N) is 1. The van der Waals surface area contributed by atoms with Gasteiger partial charge in [-0.3, -0.25) is 9.52 Å². The van der Waals surface area contributed by atoms with E-state index in [4.69, 9.17) is 0 Å². The molecular formula is C26H21F4N3O3S. The number of hydrogen-bond acceptors (Lipinski definition) is 4. The molecule has 1 unspecified atom stereocenters. The van der Waals surface area contributed by atoms with Crippen molar-refractivity contribution in [2.24, 2.45) is 0 Å². The predicted octanol–water partition coefficient (Wildman–Crippen LogP) is 5.82. The number of aromatic nitrogens is 2. The molecule has 2 heterocycles. The van der Waals surface area contributed by atoms with Gasteiger partial charge in [0.15, 0.2) is 5.82 Å². The molecule has 2 aromatic carbocycles. The number of sulfonamides is 1. The number of aromatic amines is 1. The Morgan fingerprint density at radius 3 is 2.54 bits per heavy atom. The van der Waals surface area contributed by atoms with E-state index in [2.05, 4.69) is 14.7 Å². The van der Waals surface area contributed by atoms with E-state index in [1.165, 1.54) is 18.5 Å². The minimum Gasteiger partial charge on any atom is -0.345 e. The highest BCUT2D eigenvalue weighted by Crippen LogP contribution is 2.32. The second-order valence-corrected chi connectivity index (χ2v) is 11.0. The molecule has 1 aliphatic carbocycles. The third kappa shape index (κ3) is 4.59. The summed E-state index contributed by atoms with van der Waals surface area (Å²) in [4.78, 5) is 20.3. The lowest BCUT2D eigenvalue weighted by Crippen LogP contribution is -2.26. The van der Waals surface area contributed by atoms with E-state index >= 15 is 4.39 Å². The molecular weight excluding hydrogens is 510 g/mol. The summed E-state index contributed by atoms with van der Waals surface area (Å²) in [6, 6.07) is 7.80. The maximum Gasteiger partial charge on any atom is 0.235 e. The summed E-state index contributed by atoms with van der Waals surface area (Å²) in [5, 5.41) is -0.816. The van der Waals surface area contributed by atoms with Crippen molar-refractivity contribution in [3.63, 3.8) is 0 Å². The quantitative estimate of drug-likeness (QED) is 0.242. The summed E-state index contributed by atoms with van der Waals surface area (Å²) in [5.74, 6) is -4.04. The Labute approximate surface area is 209 Å². The van der Waals surface area contributed by atoms with E-state index in [1.54, 1.807) is 25.1 Å². The second-order valence-electron chi connectivity index (χ2n) is 9.08. The van der Waals surface area contributed by atoms with Gasteiger partial charge in [0, 0.05) is 28.9 Å². The fourth-order valence-electron chi connectivity index (χ4n) is 4.50. The molecule has 6 nitrogen and oxygen atoms in total. The standard InChI is InChI=1S/C26H21F4N3O3S/c1-13-2-3-14(9-21(13)29)15-8-18-19(12-32-26(18)31-11-15)25(34)23-20(28)6-7-22(24(23)30)33-37(35,36)17-5-4-16(27)10-17/h2-3,6-9,11-12,16-17,33H,4-5,10H2,1H3,(H,31,32)/t16-,17?/m1/s1. The van der Waals surface area contributed by atoms with Crippen molar-refractivity contribution in [3.8, 4) is 11.1 Å². The van der Waals surface area contributed by atoms with Gasteiger partial charge in [-0.1, -0.05) is 12.1 Å². The molecule has 5 rings (SSSR count). The fourth-order valence-corrected chi connectivity index (χ4v) is 6.04. The number of carbonyl (C=O) groups is 1. The van der Waals surface area contributed by atoms with Gasteiger partial charge in [-0.2, -0.15) is 0 Å². The maximum atomic E-state index is 15.4. The first-order valence-corrected chi connectivity index (χ1v) is 13.0. The molecule has 192 valence electrons. The Morgan fingerprint density at radius 1 is 1.05 bits per heavy atom. The molecule has 1 saturated carbocycles. The Kier molecular flexibility index (Phi) is 6.26. The number of hydrogen-bond donors (Lipinski definition) is 2. The number of anilines is 1. The smallest absolute Gasteiger partial charge is 0.235 e. The van der Waals surface area contributed by atoms with Gasteiger partial charge in [0.1, 0.15) is 23.5 Å². The lowest BCUT2D eigenvalue weighted by Gasteiger charge is -2.15. The van der Waals surface area contributed by atoms with E-state index in [9.17, 15) is 26.4 Å². The molecule has 1 aliphatic rings. The molecule has 0 radical (unpaired) electrons. The summed E-state index contributed by atoms with van der Waals surface area (Å²) in [7, 11) is -4.17. The molecule has 37 heavy (non-hydrogen) atoms. The number of nitrogens with one attached hydrogen (secondary N) is 2. The van der Waals surface area contributed by atoms with Crippen LogP contribution < -0.4 is 4.72 Å². The predicted molar refractivity (Wildman–Crippen MR) is 131 cm³/mol. The van der Waals surface area contributed by atoms with Crippen LogP contribution in [0, 0.1) is 24.4 Å². The summed E-state index contributed by atoms with van der Waals surface area (Å²) in [5.41, 5.74) is 0.0152. The van der Waals surface area contributed by atoms with Gasteiger partial charge in [-0.25, -0.2) is 31.0 Å². The second kappa shape index (κ2) is 9.29. The first-order valence-electron chi connectivity index (χ1n) is 11.5. The maximum absolute atomic E-state index is 15.4. The Bertz CT molecular complexity index is 1650. The zero-order chi connectivity index (χ0) is 26.5. The highest BCUT2D eigenvalue weighted by Gasteiger charge is 2.35. The number of fused-ring (bicyclic) bond motifs is 1. The van der Waals surface area contributed by atoms with E-state index in [0.717, 1.165) is 12.1 Å².